The highest BCUT2D eigenvalue weighted by molar-refractivity contribution is 6.74. The minimum atomic E-state index is -2.03. The van der Waals surface area contributed by atoms with Crippen LogP contribution in [0, 0.1) is 0 Å². The third-order valence-electron chi connectivity index (χ3n) is 5.57. The van der Waals surface area contributed by atoms with Crippen molar-refractivity contribution in [3.05, 3.63) is 23.6 Å². The van der Waals surface area contributed by atoms with Gasteiger partial charge in [-0.25, -0.2) is 14.3 Å². The maximum Gasteiger partial charge on any atom is 0.425 e. The second-order valence-electron chi connectivity index (χ2n) is 11.8. The van der Waals surface area contributed by atoms with Gasteiger partial charge in [-0.15, -0.1) is 0 Å². The van der Waals surface area contributed by atoms with Crippen LogP contribution in [0.15, 0.2) is 17.9 Å². The molecule has 1 atom stereocenters. The van der Waals surface area contributed by atoms with Gasteiger partial charge in [0.25, 0.3) is 0 Å². The van der Waals surface area contributed by atoms with E-state index in [2.05, 4.69) is 39.0 Å². The Morgan fingerprint density at radius 1 is 1.15 bits per heavy atom. The first-order chi connectivity index (χ1) is 14.7. The smallest absolute Gasteiger partial charge is 0.425 e. The first-order valence-electron chi connectivity index (χ1n) is 11.1. The fraction of sp³-hybridized carbons (Fsp3) is 0.696. The molecule has 0 saturated carbocycles. The number of ether oxygens (including phenoxy) is 2. The van der Waals surface area contributed by atoms with Crippen molar-refractivity contribution < 1.29 is 28.6 Å². The quantitative estimate of drug-likeness (QED) is 0.523. The Morgan fingerprint density at radius 2 is 1.73 bits per heavy atom. The SMILES string of the molecule is CC(C)(C)OC(=O)N(C(=O)O)c1cc(C2C=C(O[Si](C)(C)C(C)(C)C)CO2)nn1C(C)(C)C. The monoisotopic (exact) mass is 481 g/mol. The van der Waals surface area contributed by atoms with E-state index in [1.54, 1.807) is 26.8 Å². The van der Waals surface area contributed by atoms with E-state index >= 15 is 0 Å². The predicted octanol–water partition coefficient (Wildman–Crippen LogP) is 6.03. The highest BCUT2D eigenvalue weighted by Gasteiger charge is 2.41. The molecular weight excluding hydrogens is 442 g/mol. The van der Waals surface area contributed by atoms with Crippen molar-refractivity contribution >= 4 is 26.3 Å². The van der Waals surface area contributed by atoms with E-state index in [1.807, 2.05) is 26.8 Å². The van der Waals surface area contributed by atoms with Crippen LogP contribution >= 0.6 is 0 Å². The van der Waals surface area contributed by atoms with Crippen LogP contribution in [-0.4, -0.2) is 47.6 Å². The van der Waals surface area contributed by atoms with E-state index < -0.39 is 37.7 Å². The zero-order chi connectivity index (χ0) is 25.6. The minimum Gasteiger partial charge on any atom is -0.545 e. The number of anilines is 1. The maximum absolute atomic E-state index is 12.7. The Labute approximate surface area is 197 Å². The molecular formula is C23H39N3O6Si. The normalized spacial score (nSPS) is 17.5. The summed E-state index contributed by atoms with van der Waals surface area (Å²) in [7, 11) is -2.03. The van der Waals surface area contributed by atoms with Gasteiger partial charge in [-0.1, -0.05) is 20.8 Å². The van der Waals surface area contributed by atoms with Crippen molar-refractivity contribution in [2.45, 2.75) is 97.7 Å². The van der Waals surface area contributed by atoms with Gasteiger partial charge < -0.3 is 19.0 Å². The van der Waals surface area contributed by atoms with Crippen molar-refractivity contribution in [2.24, 2.45) is 0 Å². The molecule has 2 amide bonds. The molecule has 0 aliphatic carbocycles. The summed E-state index contributed by atoms with van der Waals surface area (Å²) in [6.45, 7) is 21.8. The number of imide groups is 1. The van der Waals surface area contributed by atoms with Gasteiger partial charge in [-0.05, 0) is 65.8 Å². The zero-order valence-corrected chi connectivity index (χ0v) is 22.8. The van der Waals surface area contributed by atoms with Gasteiger partial charge in [0.05, 0.1) is 11.2 Å². The summed E-state index contributed by atoms with van der Waals surface area (Å²) < 4.78 is 19.1. The summed E-state index contributed by atoms with van der Waals surface area (Å²) in [5.41, 5.74) is -0.969. The summed E-state index contributed by atoms with van der Waals surface area (Å²) in [6, 6.07) is 1.56. The first-order valence-corrected chi connectivity index (χ1v) is 14.0. The van der Waals surface area contributed by atoms with Crippen LogP contribution in [-0.2, 0) is 19.4 Å². The number of hydrogen-bond acceptors (Lipinski definition) is 6. The lowest BCUT2D eigenvalue weighted by Crippen LogP contribution is -2.42. The predicted molar refractivity (Wildman–Crippen MR) is 129 cm³/mol. The van der Waals surface area contributed by atoms with Crippen molar-refractivity contribution in [3.8, 4) is 0 Å². The van der Waals surface area contributed by atoms with E-state index in [1.165, 1.54) is 4.68 Å². The molecule has 186 valence electrons. The molecule has 1 aromatic rings. The van der Waals surface area contributed by atoms with E-state index in [0.29, 0.717) is 17.2 Å². The largest absolute Gasteiger partial charge is 0.545 e. The van der Waals surface area contributed by atoms with E-state index in [0.717, 1.165) is 5.76 Å². The first kappa shape index (κ1) is 26.9. The van der Waals surface area contributed by atoms with Gasteiger partial charge in [0.1, 0.15) is 29.9 Å². The van der Waals surface area contributed by atoms with Crippen LogP contribution in [0.5, 0.6) is 0 Å². The lowest BCUT2D eigenvalue weighted by molar-refractivity contribution is 0.0578. The lowest BCUT2D eigenvalue weighted by atomic mass is 10.1. The topological polar surface area (TPSA) is 103 Å². The Hall–Kier alpha value is -2.33. The number of carbonyl (C=O) groups is 2. The molecule has 1 unspecified atom stereocenters. The highest BCUT2D eigenvalue weighted by atomic mass is 28.4. The molecule has 1 aliphatic heterocycles. The number of nitrogens with zero attached hydrogens (tertiary/aromatic N) is 3. The van der Waals surface area contributed by atoms with Gasteiger partial charge >= 0.3 is 12.2 Å². The summed E-state index contributed by atoms with van der Waals surface area (Å²) in [4.78, 5) is 25.4. The van der Waals surface area contributed by atoms with Gasteiger partial charge in [0.15, 0.2) is 0 Å². The molecule has 1 N–H and O–H groups in total. The number of carbonyl (C=O) groups excluding carboxylic acids is 1. The molecule has 33 heavy (non-hydrogen) atoms. The fourth-order valence-electron chi connectivity index (χ4n) is 2.91. The van der Waals surface area contributed by atoms with Gasteiger partial charge in [-0.3, -0.25) is 0 Å². The summed E-state index contributed by atoms with van der Waals surface area (Å²) in [5, 5.41) is 14.5. The maximum atomic E-state index is 12.7. The second-order valence-corrected chi connectivity index (χ2v) is 16.6. The van der Waals surface area contributed by atoms with Gasteiger partial charge in [0, 0.05) is 6.07 Å². The van der Waals surface area contributed by atoms with Crippen molar-refractivity contribution in [3.63, 3.8) is 0 Å². The Bertz CT molecular complexity index is 931. The van der Waals surface area contributed by atoms with E-state index in [4.69, 9.17) is 13.9 Å². The van der Waals surface area contributed by atoms with Crippen LogP contribution in [0.3, 0.4) is 0 Å². The van der Waals surface area contributed by atoms with Gasteiger partial charge in [-0.2, -0.15) is 10.00 Å². The van der Waals surface area contributed by atoms with Crippen molar-refractivity contribution in [1.29, 1.82) is 0 Å². The standard InChI is InChI=1S/C23H39N3O6Si/c1-21(2,3)26-18(25(19(27)28)20(29)31-22(4,5)6)13-16(24-26)17-12-15(14-30-17)32-33(10,11)23(7,8)9/h12-13,17H,14H2,1-11H3,(H,27,28). The molecule has 0 saturated heterocycles. The van der Waals surface area contributed by atoms with Crippen molar-refractivity contribution in [2.75, 3.05) is 11.5 Å². The van der Waals surface area contributed by atoms with Crippen LogP contribution in [0.25, 0.3) is 0 Å². The Kier molecular flexibility index (Phi) is 7.17. The summed E-state index contributed by atoms with van der Waals surface area (Å²) >= 11 is 0. The summed E-state index contributed by atoms with van der Waals surface area (Å²) in [6.07, 6.45) is -1.08. The molecule has 0 aromatic carbocycles. The second kappa shape index (κ2) is 8.79. The molecule has 0 fully saturated rings. The highest BCUT2D eigenvalue weighted by Crippen LogP contribution is 2.40. The molecule has 0 bridgehead atoms. The molecule has 0 radical (unpaired) electrons. The van der Waals surface area contributed by atoms with E-state index in [-0.39, 0.29) is 10.9 Å². The minimum absolute atomic E-state index is 0.0440. The average Bonchev–Trinajstić information content (AvgIpc) is 3.18. The number of carboxylic acid groups (broad SMARTS) is 1. The molecule has 0 spiro atoms. The average molecular weight is 482 g/mol. The lowest BCUT2D eigenvalue weighted by Gasteiger charge is -2.36. The molecule has 2 heterocycles. The van der Waals surface area contributed by atoms with Gasteiger partial charge in [0.2, 0.25) is 8.32 Å². The number of aromatic nitrogens is 2. The number of amides is 2. The third kappa shape index (κ3) is 6.38. The van der Waals surface area contributed by atoms with Crippen LogP contribution in [0.2, 0.25) is 18.1 Å². The molecule has 9 nitrogen and oxygen atoms in total. The van der Waals surface area contributed by atoms with Crippen molar-refractivity contribution in [1.82, 2.24) is 9.78 Å². The molecule has 1 aliphatic rings. The third-order valence-corrected chi connectivity index (χ3v) is 9.95. The number of hydrogen-bond donors (Lipinski definition) is 1. The Morgan fingerprint density at radius 3 is 2.18 bits per heavy atom. The molecule has 2 rings (SSSR count). The van der Waals surface area contributed by atoms with Crippen LogP contribution < -0.4 is 4.90 Å². The summed E-state index contributed by atoms with van der Waals surface area (Å²) in [5.74, 6) is 0.843. The van der Waals surface area contributed by atoms with Crippen LogP contribution in [0.4, 0.5) is 15.4 Å². The molecule has 10 heteroatoms. The zero-order valence-electron chi connectivity index (χ0n) is 21.8. The van der Waals surface area contributed by atoms with Crippen LogP contribution in [0.1, 0.15) is 74.1 Å². The Balaban J connectivity index is 2.45. The number of rotatable bonds is 4. The fourth-order valence-corrected chi connectivity index (χ4v) is 4.00. The molecule has 1 aromatic heterocycles. The van der Waals surface area contributed by atoms with E-state index in [9.17, 15) is 14.7 Å².